The van der Waals surface area contributed by atoms with Crippen LogP contribution >= 0.6 is 34.5 Å². The van der Waals surface area contributed by atoms with Gasteiger partial charge in [-0.05, 0) is 36.6 Å². The lowest BCUT2D eigenvalue weighted by Gasteiger charge is -2.21. The molecule has 1 atom stereocenters. The topological polar surface area (TPSA) is 49.3 Å². The highest BCUT2D eigenvalue weighted by molar-refractivity contribution is 7.09. The molecule has 1 aromatic heterocycles. The largest absolute Gasteiger partial charge is 0.380 e. The number of hydrogen-bond donors (Lipinski definition) is 2. The zero-order chi connectivity index (χ0) is 14.8. The molecule has 0 aliphatic carbocycles. The second-order valence-corrected chi connectivity index (χ2v) is 6.46. The molecule has 0 saturated carbocycles. The van der Waals surface area contributed by atoms with Crippen molar-refractivity contribution in [2.45, 2.75) is 18.9 Å². The lowest BCUT2D eigenvalue weighted by atomic mass is 10.0. The molecule has 20 heavy (non-hydrogen) atoms. The van der Waals surface area contributed by atoms with Crippen molar-refractivity contribution in [2.75, 3.05) is 5.32 Å². The van der Waals surface area contributed by atoms with Crippen LogP contribution in [0.3, 0.4) is 0 Å². The van der Waals surface area contributed by atoms with Crippen molar-refractivity contribution in [3.05, 3.63) is 50.6 Å². The Morgan fingerprint density at radius 1 is 1.35 bits per heavy atom. The average Bonchev–Trinajstić information content (AvgIpc) is 2.86. The average molecular weight is 330 g/mol. The van der Waals surface area contributed by atoms with Gasteiger partial charge in [-0.1, -0.05) is 29.3 Å². The van der Waals surface area contributed by atoms with Gasteiger partial charge in [-0.3, -0.25) is 4.79 Å². The SMILES string of the molecule is CC(O)(Cc1cccs1)C(=O)Nc1ccc(Cl)c(Cl)c1. The lowest BCUT2D eigenvalue weighted by Crippen LogP contribution is -2.41. The highest BCUT2D eigenvalue weighted by atomic mass is 35.5. The van der Waals surface area contributed by atoms with Gasteiger partial charge in [0, 0.05) is 17.0 Å². The Morgan fingerprint density at radius 2 is 2.10 bits per heavy atom. The van der Waals surface area contributed by atoms with Gasteiger partial charge in [0.2, 0.25) is 0 Å². The van der Waals surface area contributed by atoms with Crippen LogP contribution in [-0.2, 0) is 11.2 Å². The number of benzene rings is 1. The number of nitrogens with one attached hydrogen (secondary N) is 1. The zero-order valence-corrected chi connectivity index (χ0v) is 13.0. The van der Waals surface area contributed by atoms with Crippen LogP contribution in [0.4, 0.5) is 5.69 Å². The Balaban J connectivity index is 2.08. The van der Waals surface area contributed by atoms with Crippen LogP contribution in [0.1, 0.15) is 11.8 Å². The van der Waals surface area contributed by atoms with E-state index in [9.17, 15) is 9.90 Å². The first kappa shape index (κ1) is 15.3. The molecular weight excluding hydrogens is 317 g/mol. The van der Waals surface area contributed by atoms with Crippen LogP contribution in [0, 0.1) is 0 Å². The highest BCUT2D eigenvalue weighted by Crippen LogP contribution is 2.26. The Hall–Kier alpha value is -1.07. The van der Waals surface area contributed by atoms with E-state index in [1.54, 1.807) is 18.2 Å². The van der Waals surface area contributed by atoms with E-state index in [-0.39, 0.29) is 6.42 Å². The van der Waals surface area contributed by atoms with Crippen LogP contribution in [0.2, 0.25) is 10.0 Å². The first-order valence-corrected chi connectivity index (χ1v) is 7.53. The third-order valence-electron chi connectivity index (χ3n) is 2.77. The van der Waals surface area contributed by atoms with Gasteiger partial charge in [-0.2, -0.15) is 0 Å². The maximum absolute atomic E-state index is 12.1. The molecule has 2 rings (SSSR count). The molecule has 0 saturated heterocycles. The third kappa shape index (κ3) is 3.73. The van der Waals surface area contributed by atoms with Crippen molar-refractivity contribution in [3.8, 4) is 0 Å². The maximum atomic E-state index is 12.1. The number of halogens is 2. The minimum absolute atomic E-state index is 0.262. The van der Waals surface area contributed by atoms with Crippen LogP contribution in [0.15, 0.2) is 35.7 Å². The van der Waals surface area contributed by atoms with Gasteiger partial charge < -0.3 is 10.4 Å². The minimum atomic E-state index is -1.49. The molecule has 0 radical (unpaired) electrons. The summed E-state index contributed by atoms with van der Waals surface area (Å²) in [7, 11) is 0. The number of amides is 1. The van der Waals surface area contributed by atoms with Gasteiger partial charge in [0.15, 0.2) is 0 Å². The summed E-state index contributed by atoms with van der Waals surface area (Å²) in [4.78, 5) is 13.1. The molecule has 6 heteroatoms. The van der Waals surface area contributed by atoms with Crippen molar-refractivity contribution in [2.24, 2.45) is 0 Å². The molecule has 3 nitrogen and oxygen atoms in total. The first-order valence-electron chi connectivity index (χ1n) is 5.90. The number of thiophene rings is 1. The number of anilines is 1. The van der Waals surface area contributed by atoms with E-state index in [1.807, 2.05) is 17.5 Å². The Labute approximate surface area is 131 Å². The monoisotopic (exact) mass is 329 g/mol. The van der Waals surface area contributed by atoms with E-state index >= 15 is 0 Å². The van der Waals surface area contributed by atoms with E-state index in [1.165, 1.54) is 18.3 Å². The summed E-state index contributed by atoms with van der Waals surface area (Å²) < 4.78 is 0. The zero-order valence-electron chi connectivity index (χ0n) is 10.7. The van der Waals surface area contributed by atoms with Crippen molar-refractivity contribution in [1.82, 2.24) is 0 Å². The fourth-order valence-corrected chi connectivity index (χ4v) is 2.82. The molecule has 106 valence electrons. The second-order valence-electron chi connectivity index (χ2n) is 4.61. The van der Waals surface area contributed by atoms with Crippen LogP contribution < -0.4 is 5.32 Å². The van der Waals surface area contributed by atoms with E-state index in [4.69, 9.17) is 23.2 Å². The lowest BCUT2D eigenvalue weighted by molar-refractivity contribution is -0.132. The molecule has 1 unspecified atom stereocenters. The van der Waals surface area contributed by atoms with Gasteiger partial charge >= 0.3 is 0 Å². The fraction of sp³-hybridized carbons (Fsp3) is 0.214. The number of hydrogen-bond acceptors (Lipinski definition) is 3. The number of aliphatic hydroxyl groups is 1. The minimum Gasteiger partial charge on any atom is -0.380 e. The number of carbonyl (C=O) groups excluding carboxylic acids is 1. The molecule has 2 aromatic rings. The van der Waals surface area contributed by atoms with Crippen LogP contribution in [-0.4, -0.2) is 16.6 Å². The molecule has 2 N–H and O–H groups in total. The number of carbonyl (C=O) groups is 1. The van der Waals surface area contributed by atoms with E-state index < -0.39 is 11.5 Å². The van der Waals surface area contributed by atoms with Crippen LogP contribution in [0.5, 0.6) is 0 Å². The summed E-state index contributed by atoms with van der Waals surface area (Å²) in [6.07, 6.45) is 0.262. The fourth-order valence-electron chi connectivity index (χ4n) is 1.67. The Bertz CT molecular complexity index is 612. The van der Waals surface area contributed by atoms with Crippen molar-refractivity contribution in [1.29, 1.82) is 0 Å². The van der Waals surface area contributed by atoms with Gasteiger partial charge in [-0.25, -0.2) is 0 Å². The smallest absolute Gasteiger partial charge is 0.256 e. The quantitative estimate of drug-likeness (QED) is 0.891. The molecule has 1 amide bonds. The molecule has 0 fully saturated rings. The second kappa shape index (κ2) is 6.14. The summed E-state index contributed by atoms with van der Waals surface area (Å²) in [5, 5.41) is 15.6. The van der Waals surface area contributed by atoms with Crippen molar-refractivity contribution in [3.63, 3.8) is 0 Å². The van der Waals surface area contributed by atoms with E-state index in [0.29, 0.717) is 15.7 Å². The molecule has 0 aliphatic heterocycles. The van der Waals surface area contributed by atoms with Crippen molar-refractivity contribution >= 4 is 46.1 Å². The van der Waals surface area contributed by atoms with Crippen molar-refractivity contribution < 1.29 is 9.90 Å². The summed E-state index contributed by atoms with van der Waals surface area (Å²) in [5.74, 6) is -0.482. The van der Waals surface area contributed by atoms with Gasteiger partial charge in [0.05, 0.1) is 10.0 Å². The molecule has 0 bridgehead atoms. The summed E-state index contributed by atoms with van der Waals surface area (Å²) in [6, 6.07) is 8.53. The van der Waals surface area contributed by atoms with E-state index in [0.717, 1.165) is 4.88 Å². The molecule has 0 aliphatic rings. The van der Waals surface area contributed by atoms with Gasteiger partial charge in [-0.15, -0.1) is 11.3 Å². The Kier molecular flexibility index (Phi) is 4.70. The highest BCUT2D eigenvalue weighted by Gasteiger charge is 2.31. The van der Waals surface area contributed by atoms with Gasteiger partial charge in [0.25, 0.3) is 5.91 Å². The normalized spacial score (nSPS) is 13.8. The summed E-state index contributed by atoms with van der Waals surface area (Å²) in [6.45, 7) is 1.49. The van der Waals surface area contributed by atoms with Crippen LogP contribution in [0.25, 0.3) is 0 Å². The number of rotatable bonds is 4. The molecule has 0 spiro atoms. The molecule has 1 aromatic carbocycles. The first-order chi connectivity index (χ1) is 9.38. The standard InChI is InChI=1S/C14H13Cl2NO2S/c1-14(19,8-10-3-2-6-20-10)13(18)17-9-4-5-11(15)12(16)7-9/h2-7,19H,8H2,1H3,(H,17,18). The van der Waals surface area contributed by atoms with Gasteiger partial charge in [0.1, 0.15) is 5.60 Å². The molecule has 1 heterocycles. The summed E-state index contributed by atoms with van der Waals surface area (Å²) in [5.41, 5.74) is -0.993. The third-order valence-corrected chi connectivity index (χ3v) is 4.38. The molecular formula is C14H13Cl2NO2S. The predicted octanol–water partition coefficient (Wildman–Crippen LogP) is 3.99. The van der Waals surface area contributed by atoms with E-state index in [2.05, 4.69) is 5.32 Å². The Morgan fingerprint density at radius 3 is 2.70 bits per heavy atom. The maximum Gasteiger partial charge on any atom is 0.256 e. The summed E-state index contributed by atoms with van der Waals surface area (Å²) >= 11 is 13.2. The predicted molar refractivity (Wildman–Crippen MR) is 83.7 cm³/mol.